The summed E-state index contributed by atoms with van der Waals surface area (Å²) in [5.41, 5.74) is 6.71. The fourth-order valence-electron chi connectivity index (χ4n) is 2.46. The van der Waals surface area contributed by atoms with Gasteiger partial charge in [-0.3, -0.25) is 0 Å². The van der Waals surface area contributed by atoms with Gasteiger partial charge in [-0.05, 0) is 30.1 Å². The molecule has 17 heavy (non-hydrogen) atoms. The molecule has 0 aliphatic carbocycles. The zero-order chi connectivity index (χ0) is 13.5. The molecule has 0 amide bonds. The van der Waals surface area contributed by atoms with Gasteiger partial charge in [0.05, 0.1) is 0 Å². The second-order valence-electron chi connectivity index (χ2n) is 6.87. The van der Waals surface area contributed by atoms with Gasteiger partial charge in [0.1, 0.15) is 0 Å². The molecule has 0 aliphatic heterocycles. The summed E-state index contributed by atoms with van der Waals surface area (Å²) in [6.45, 7) is 14.0. The first-order valence-corrected chi connectivity index (χ1v) is 7.56. The van der Waals surface area contributed by atoms with Gasteiger partial charge in [-0.1, -0.05) is 67.2 Å². The molecular formula is C16H35N. The summed E-state index contributed by atoms with van der Waals surface area (Å²) >= 11 is 0. The topological polar surface area (TPSA) is 26.0 Å². The van der Waals surface area contributed by atoms with Crippen LogP contribution >= 0.6 is 0 Å². The van der Waals surface area contributed by atoms with Crippen LogP contribution in [0.5, 0.6) is 0 Å². The van der Waals surface area contributed by atoms with Crippen molar-refractivity contribution in [1.82, 2.24) is 0 Å². The standard InChI is InChI=1S/C16H35N/c1-7-8-11-15(17)14(4)16(5,6)12-9-10-13(2)3/h13-15H,7-12,17H2,1-6H3. The molecule has 0 saturated carbocycles. The Morgan fingerprint density at radius 2 is 1.59 bits per heavy atom. The van der Waals surface area contributed by atoms with E-state index in [0.717, 1.165) is 5.92 Å². The number of nitrogens with two attached hydrogens (primary N) is 1. The largest absolute Gasteiger partial charge is 0.327 e. The van der Waals surface area contributed by atoms with Crippen molar-refractivity contribution in [3.05, 3.63) is 0 Å². The zero-order valence-electron chi connectivity index (χ0n) is 13.1. The van der Waals surface area contributed by atoms with Crippen LogP contribution in [0, 0.1) is 17.3 Å². The Labute approximate surface area is 110 Å². The fraction of sp³-hybridized carbons (Fsp3) is 1.00. The Morgan fingerprint density at radius 3 is 2.06 bits per heavy atom. The summed E-state index contributed by atoms with van der Waals surface area (Å²) in [6.07, 6.45) is 7.72. The minimum Gasteiger partial charge on any atom is -0.327 e. The van der Waals surface area contributed by atoms with Gasteiger partial charge in [-0.25, -0.2) is 0 Å². The second-order valence-corrected chi connectivity index (χ2v) is 6.87. The summed E-state index contributed by atoms with van der Waals surface area (Å²) in [5.74, 6) is 1.45. The molecule has 0 bridgehead atoms. The molecule has 1 heteroatoms. The van der Waals surface area contributed by atoms with E-state index in [4.69, 9.17) is 5.73 Å². The molecule has 0 heterocycles. The molecular weight excluding hydrogens is 206 g/mol. The van der Waals surface area contributed by atoms with Crippen molar-refractivity contribution in [3.63, 3.8) is 0 Å². The van der Waals surface area contributed by atoms with Gasteiger partial charge in [0, 0.05) is 6.04 Å². The first-order valence-electron chi connectivity index (χ1n) is 7.56. The third-order valence-corrected chi connectivity index (χ3v) is 4.37. The summed E-state index contributed by atoms with van der Waals surface area (Å²) < 4.78 is 0. The van der Waals surface area contributed by atoms with E-state index >= 15 is 0 Å². The molecule has 1 nitrogen and oxygen atoms in total. The summed E-state index contributed by atoms with van der Waals surface area (Å²) in [6, 6.07) is 0.379. The van der Waals surface area contributed by atoms with Crippen LogP contribution in [0.25, 0.3) is 0 Å². The minimum atomic E-state index is 0.379. The molecule has 104 valence electrons. The smallest absolute Gasteiger partial charge is 0.00696 e. The minimum absolute atomic E-state index is 0.379. The van der Waals surface area contributed by atoms with Crippen molar-refractivity contribution in [2.24, 2.45) is 23.0 Å². The number of unbranched alkanes of at least 4 members (excludes halogenated alkanes) is 1. The number of rotatable bonds is 9. The molecule has 0 spiro atoms. The molecule has 0 aromatic rings. The van der Waals surface area contributed by atoms with Crippen LogP contribution in [0.15, 0.2) is 0 Å². The Bertz CT molecular complexity index is 184. The van der Waals surface area contributed by atoms with Crippen LogP contribution in [0.4, 0.5) is 0 Å². The molecule has 2 unspecified atom stereocenters. The molecule has 2 atom stereocenters. The molecule has 0 rings (SSSR count). The van der Waals surface area contributed by atoms with Gasteiger partial charge in [-0.15, -0.1) is 0 Å². The van der Waals surface area contributed by atoms with E-state index in [1.54, 1.807) is 0 Å². The first kappa shape index (κ1) is 17.0. The fourth-order valence-corrected chi connectivity index (χ4v) is 2.46. The molecule has 0 fully saturated rings. The highest BCUT2D eigenvalue weighted by atomic mass is 14.7. The van der Waals surface area contributed by atoms with Crippen molar-refractivity contribution in [3.8, 4) is 0 Å². The monoisotopic (exact) mass is 241 g/mol. The van der Waals surface area contributed by atoms with E-state index < -0.39 is 0 Å². The second kappa shape index (κ2) is 8.13. The van der Waals surface area contributed by atoms with Gasteiger partial charge in [0.2, 0.25) is 0 Å². The van der Waals surface area contributed by atoms with Crippen molar-refractivity contribution in [2.75, 3.05) is 0 Å². The van der Waals surface area contributed by atoms with Gasteiger partial charge < -0.3 is 5.73 Å². The normalized spacial score (nSPS) is 16.2. The van der Waals surface area contributed by atoms with Gasteiger partial charge in [0.25, 0.3) is 0 Å². The van der Waals surface area contributed by atoms with Crippen LogP contribution in [-0.4, -0.2) is 6.04 Å². The maximum atomic E-state index is 6.32. The average Bonchev–Trinajstić information content (AvgIpc) is 2.23. The van der Waals surface area contributed by atoms with Gasteiger partial charge in [-0.2, -0.15) is 0 Å². The lowest BCUT2D eigenvalue weighted by Crippen LogP contribution is -2.38. The van der Waals surface area contributed by atoms with E-state index in [-0.39, 0.29) is 0 Å². The molecule has 2 N–H and O–H groups in total. The SMILES string of the molecule is CCCCC(N)C(C)C(C)(C)CCCC(C)C. The van der Waals surface area contributed by atoms with Crippen LogP contribution in [0.1, 0.15) is 80.1 Å². The maximum Gasteiger partial charge on any atom is 0.00696 e. The number of hydrogen-bond donors (Lipinski definition) is 1. The van der Waals surface area contributed by atoms with Crippen LogP contribution in [0.3, 0.4) is 0 Å². The zero-order valence-corrected chi connectivity index (χ0v) is 13.1. The Balaban J connectivity index is 4.08. The van der Waals surface area contributed by atoms with E-state index in [2.05, 4.69) is 41.5 Å². The van der Waals surface area contributed by atoms with Gasteiger partial charge >= 0.3 is 0 Å². The average molecular weight is 241 g/mol. The lowest BCUT2D eigenvalue weighted by Gasteiger charge is -2.36. The highest BCUT2D eigenvalue weighted by molar-refractivity contribution is 4.82. The Morgan fingerprint density at radius 1 is 1.00 bits per heavy atom. The van der Waals surface area contributed by atoms with Crippen molar-refractivity contribution in [2.45, 2.75) is 86.1 Å². The molecule has 0 radical (unpaired) electrons. The van der Waals surface area contributed by atoms with Crippen molar-refractivity contribution < 1.29 is 0 Å². The van der Waals surface area contributed by atoms with Crippen LogP contribution in [-0.2, 0) is 0 Å². The molecule has 0 aromatic heterocycles. The molecule has 0 aliphatic rings. The predicted molar refractivity (Wildman–Crippen MR) is 79.1 cm³/mol. The molecule has 0 saturated heterocycles. The van der Waals surface area contributed by atoms with E-state index in [1.807, 2.05) is 0 Å². The summed E-state index contributed by atoms with van der Waals surface area (Å²) in [7, 11) is 0. The van der Waals surface area contributed by atoms with E-state index in [0.29, 0.717) is 17.4 Å². The number of hydrogen-bond acceptors (Lipinski definition) is 1. The first-order chi connectivity index (χ1) is 7.81. The maximum absolute atomic E-state index is 6.32. The van der Waals surface area contributed by atoms with Crippen molar-refractivity contribution >= 4 is 0 Å². The predicted octanol–water partition coefficient (Wildman–Crippen LogP) is 4.99. The van der Waals surface area contributed by atoms with Gasteiger partial charge in [0.15, 0.2) is 0 Å². The Kier molecular flexibility index (Phi) is 8.11. The van der Waals surface area contributed by atoms with E-state index in [1.165, 1.54) is 38.5 Å². The van der Waals surface area contributed by atoms with Crippen molar-refractivity contribution in [1.29, 1.82) is 0 Å². The summed E-state index contributed by atoms with van der Waals surface area (Å²) in [5, 5.41) is 0. The van der Waals surface area contributed by atoms with Crippen LogP contribution in [0.2, 0.25) is 0 Å². The highest BCUT2D eigenvalue weighted by Crippen LogP contribution is 2.35. The lowest BCUT2D eigenvalue weighted by atomic mass is 9.71. The lowest BCUT2D eigenvalue weighted by molar-refractivity contribution is 0.167. The third kappa shape index (κ3) is 7.08. The third-order valence-electron chi connectivity index (χ3n) is 4.37. The van der Waals surface area contributed by atoms with E-state index in [9.17, 15) is 0 Å². The Hall–Kier alpha value is -0.0400. The molecule has 0 aromatic carbocycles. The quantitative estimate of drug-likeness (QED) is 0.604. The van der Waals surface area contributed by atoms with Crippen LogP contribution < -0.4 is 5.73 Å². The summed E-state index contributed by atoms with van der Waals surface area (Å²) in [4.78, 5) is 0. The highest BCUT2D eigenvalue weighted by Gasteiger charge is 2.29.